The maximum atomic E-state index is 13.0. The molecule has 4 aromatic rings. The second-order valence-corrected chi connectivity index (χ2v) is 6.24. The number of rotatable bonds is 4. The minimum Gasteiger partial charge on any atom is -0.419 e. The number of para-hydroxylation sites is 1. The van der Waals surface area contributed by atoms with Crippen LogP contribution in [0.5, 0.6) is 0 Å². The van der Waals surface area contributed by atoms with Gasteiger partial charge in [0.15, 0.2) is 0 Å². The minimum atomic E-state index is -0.243. The summed E-state index contributed by atoms with van der Waals surface area (Å²) < 4.78 is 9.06. The number of aromatic nitrogens is 3. The molecule has 2 heterocycles. The zero-order chi connectivity index (χ0) is 19.7. The lowest BCUT2D eigenvalue weighted by Crippen LogP contribution is -2.20. The van der Waals surface area contributed by atoms with Crippen LogP contribution in [0, 0.1) is 18.3 Å². The van der Waals surface area contributed by atoms with Gasteiger partial charge < -0.3 is 9.73 Å². The van der Waals surface area contributed by atoms with Gasteiger partial charge in [0.1, 0.15) is 11.8 Å². The first-order valence-electron chi connectivity index (χ1n) is 8.67. The van der Waals surface area contributed by atoms with E-state index in [1.807, 2.05) is 73.7 Å². The molecule has 0 spiro atoms. The number of oxazole rings is 1. The molecule has 2 aromatic carbocycles. The summed E-state index contributed by atoms with van der Waals surface area (Å²) in [5.41, 5.74) is 2.38. The van der Waals surface area contributed by atoms with Crippen LogP contribution in [-0.2, 0) is 7.05 Å². The highest BCUT2D eigenvalue weighted by molar-refractivity contribution is 5.65. The van der Waals surface area contributed by atoms with Gasteiger partial charge in [-0.05, 0) is 31.2 Å². The minimum absolute atomic E-state index is 0.0905. The fraction of sp³-hybridized carbons (Fsp3) is 0.0952. The summed E-state index contributed by atoms with van der Waals surface area (Å²) in [6.45, 7) is 1.82. The van der Waals surface area contributed by atoms with Gasteiger partial charge in [0.2, 0.25) is 17.5 Å². The van der Waals surface area contributed by atoms with Gasteiger partial charge in [-0.3, -0.25) is 9.48 Å². The van der Waals surface area contributed by atoms with Crippen molar-refractivity contribution < 1.29 is 4.42 Å². The van der Waals surface area contributed by atoms with Crippen molar-refractivity contribution >= 4 is 11.6 Å². The van der Waals surface area contributed by atoms with E-state index in [0.717, 1.165) is 11.3 Å². The Labute approximate surface area is 161 Å². The number of nitrogens with one attached hydrogen (secondary N) is 1. The van der Waals surface area contributed by atoms with Crippen LogP contribution in [0.1, 0.15) is 11.4 Å². The third-order valence-corrected chi connectivity index (χ3v) is 4.55. The molecule has 138 valence electrons. The Kier molecular flexibility index (Phi) is 4.30. The molecule has 0 aliphatic heterocycles. The molecule has 7 heteroatoms. The van der Waals surface area contributed by atoms with Crippen molar-refractivity contribution in [3.8, 4) is 23.2 Å². The lowest BCUT2D eigenvalue weighted by atomic mass is 10.2. The van der Waals surface area contributed by atoms with E-state index in [4.69, 9.17) is 4.42 Å². The molecule has 0 unspecified atom stereocenters. The molecular weight excluding hydrogens is 354 g/mol. The second kappa shape index (κ2) is 6.93. The van der Waals surface area contributed by atoms with Crippen molar-refractivity contribution in [2.75, 3.05) is 5.32 Å². The van der Waals surface area contributed by atoms with Crippen LogP contribution in [0.15, 0.2) is 69.9 Å². The van der Waals surface area contributed by atoms with E-state index in [-0.39, 0.29) is 17.1 Å². The lowest BCUT2D eigenvalue weighted by Gasteiger charge is -2.07. The Morgan fingerprint density at radius 1 is 1.07 bits per heavy atom. The maximum absolute atomic E-state index is 13.0. The van der Waals surface area contributed by atoms with Crippen molar-refractivity contribution in [2.45, 2.75) is 6.92 Å². The van der Waals surface area contributed by atoms with Gasteiger partial charge in [-0.1, -0.05) is 36.4 Å². The average Bonchev–Trinajstić information content (AvgIpc) is 3.24. The zero-order valence-electron chi connectivity index (χ0n) is 15.4. The molecule has 0 aliphatic rings. The number of benzene rings is 2. The van der Waals surface area contributed by atoms with Gasteiger partial charge in [0.25, 0.3) is 5.56 Å². The summed E-state index contributed by atoms with van der Waals surface area (Å²) in [5.74, 6) is 0.462. The molecule has 28 heavy (non-hydrogen) atoms. The molecule has 0 fully saturated rings. The molecule has 4 rings (SSSR count). The SMILES string of the molecule is Cc1c(Nc2oc(-c3ccccc3)nc2C#N)c(=O)n(-c2ccccc2)n1C. The molecule has 0 atom stereocenters. The highest BCUT2D eigenvalue weighted by Gasteiger charge is 2.21. The van der Waals surface area contributed by atoms with Crippen LogP contribution in [0.2, 0.25) is 0 Å². The van der Waals surface area contributed by atoms with Crippen molar-refractivity contribution in [1.29, 1.82) is 5.26 Å². The highest BCUT2D eigenvalue weighted by atomic mass is 16.4. The maximum Gasteiger partial charge on any atom is 0.295 e. The third kappa shape index (κ3) is 2.87. The second-order valence-electron chi connectivity index (χ2n) is 6.24. The van der Waals surface area contributed by atoms with Crippen LogP contribution in [0.4, 0.5) is 11.6 Å². The van der Waals surface area contributed by atoms with Gasteiger partial charge in [0, 0.05) is 12.6 Å². The van der Waals surface area contributed by atoms with Gasteiger partial charge in [-0.15, -0.1) is 0 Å². The Hall–Kier alpha value is -4.05. The molecule has 0 bridgehead atoms. The van der Waals surface area contributed by atoms with Gasteiger partial charge in [-0.2, -0.15) is 10.2 Å². The molecule has 0 saturated carbocycles. The van der Waals surface area contributed by atoms with Crippen LogP contribution in [-0.4, -0.2) is 14.3 Å². The smallest absolute Gasteiger partial charge is 0.295 e. The summed E-state index contributed by atoms with van der Waals surface area (Å²) in [4.78, 5) is 17.3. The molecule has 0 amide bonds. The van der Waals surface area contributed by atoms with E-state index in [1.54, 1.807) is 16.4 Å². The normalized spacial score (nSPS) is 10.6. The van der Waals surface area contributed by atoms with E-state index >= 15 is 0 Å². The predicted octanol–water partition coefficient (Wildman–Crippen LogP) is 3.75. The highest BCUT2D eigenvalue weighted by Crippen LogP contribution is 2.28. The van der Waals surface area contributed by atoms with E-state index in [2.05, 4.69) is 10.3 Å². The van der Waals surface area contributed by atoms with E-state index in [9.17, 15) is 10.1 Å². The standard InChI is InChI=1S/C21H17N5O2/c1-14-18(21(27)26(25(14)2)16-11-7-4-8-12-16)24-20-17(13-22)23-19(28-20)15-9-5-3-6-10-15/h3-12,24H,1-2H3. The summed E-state index contributed by atoms with van der Waals surface area (Å²) in [7, 11) is 1.80. The topological polar surface area (TPSA) is 88.8 Å². The molecule has 0 aliphatic carbocycles. The van der Waals surface area contributed by atoms with E-state index in [1.165, 1.54) is 0 Å². The Morgan fingerprint density at radius 3 is 2.36 bits per heavy atom. The summed E-state index contributed by atoms with van der Waals surface area (Å²) in [6.07, 6.45) is 0. The Bertz CT molecular complexity index is 1230. The van der Waals surface area contributed by atoms with Crippen LogP contribution in [0.3, 0.4) is 0 Å². The van der Waals surface area contributed by atoms with Gasteiger partial charge >= 0.3 is 0 Å². The Morgan fingerprint density at radius 2 is 1.71 bits per heavy atom. The fourth-order valence-electron chi connectivity index (χ4n) is 3.01. The average molecular weight is 371 g/mol. The first kappa shape index (κ1) is 17.4. The van der Waals surface area contributed by atoms with Gasteiger partial charge in [0.05, 0.1) is 11.4 Å². The fourth-order valence-corrected chi connectivity index (χ4v) is 3.01. The monoisotopic (exact) mass is 371 g/mol. The first-order chi connectivity index (χ1) is 13.6. The molecule has 0 radical (unpaired) electrons. The molecule has 2 aromatic heterocycles. The van der Waals surface area contributed by atoms with E-state index < -0.39 is 0 Å². The predicted molar refractivity (Wildman–Crippen MR) is 106 cm³/mol. The van der Waals surface area contributed by atoms with Crippen molar-refractivity contribution in [3.63, 3.8) is 0 Å². The first-order valence-corrected chi connectivity index (χ1v) is 8.67. The summed E-state index contributed by atoms with van der Waals surface area (Å²) in [6, 6.07) is 20.6. The van der Waals surface area contributed by atoms with Crippen LogP contribution < -0.4 is 10.9 Å². The zero-order valence-corrected chi connectivity index (χ0v) is 15.4. The third-order valence-electron chi connectivity index (χ3n) is 4.55. The summed E-state index contributed by atoms with van der Waals surface area (Å²) >= 11 is 0. The van der Waals surface area contributed by atoms with E-state index in [0.29, 0.717) is 17.3 Å². The van der Waals surface area contributed by atoms with Crippen LogP contribution >= 0.6 is 0 Å². The number of anilines is 2. The summed E-state index contributed by atoms with van der Waals surface area (Å²) in [5, 5.41) is 12.4. The molecule has 0 saturated heterocycles. The van der Waals surface area contributed by atoms with Crippen molar-refractivity contribution in [3.05, 3.63) is 82.4 Å². The molecular formula is C21H17N5O2. The molecule has 1 N–H and O–H groups in total. The van der Waals surface area contributed by atoms with Crippen molar-refractivity contribution in [2.24, 2.45) is 7.05 Å². The quantitative estimate of drug-likeness (QED) is 0.590. The number of hydrogen-bond acceptors (Lipinski definition) is 5. The van der Waals surface area contributed by atoms with Crippen molar-refractivity contribution in [1.82, 2.24) is 14.3 Å². The number of nitrogens with zero attached hydrogens (tertiary/aromatic N) is 4. The largest absolute Gasteiger partial charge is 0.419 e. The molecule has 7 nitrogen and oxygen atoms in total. The van der Waals surface area contributed by atoms with Crippen LogP contribution in [0.25, 0.3) is 17.1 Å². The number of nitriles is 1. The number of hydrogen-bond donors (Lipinski definition) is 1. The lowest BCUT2D eigenvalue weighted by molar-refractivity contribution is 0.591. The Balaban J connectivity index is 1.78. The van der Waals surface area contributed by atoms with Gasteiger partial charge in [-0.25, -0.2) is 4.68 Å².